The number of ether oxygens (including phenoxy) is 2. The zero-order valence-electron chi connectivity index (χ0n) is 8.61. The van der Waals surface area contributed by atoms with Gasteiger partial charge in [0.25, 0.3) is 0 Å². The van der Waals surface area contributed by atoms with E-state index in [-0.39, 0.29) is 12.1 Å². The monoisotopic (exact) mass is 194 g/mol. The molecule has 1 rings (SSSR count). The van der Waals surface area contributed by atoms with Crippen molar-refractivity contribution in [3.8, 4) is 0 Å². The summed E-state index contributed by atoms with van der Waals surface area (Å²) >= 11 is 0. The molecule has 0 fully saturated rings. The summed E-state index contributed by atoms with van der Waals surface area (Å²) in [5.41, 5.74) is 1.60. The second-order valence-corrected chi connectivity index (χ2v) is 2.99. The molecule has 1 atom stereocenters. The van der Waals surface area contributed by atoms with Crippen LogP contribution in [0.1, 0.15) is 28.9 Å². The summed E-state index contributed by atoms with van der Waals surface area (Å²) in [6.07, 6.45) is 0.0432. The van der Waals surface area contributed by atoms with Gasteiger partial charge in [0, 0.05) is 7.11 Å². The summed E-state index contributed by atoms with van der Waals surface area (Å²) < 4.78 is 9.74. The van der Waals surface area contributed by atoms with Gasteiger partial charge in [-0.15, -0.1) is 0 Å². The molecule has 0 aliphatic rings. The molecule has 0 bridgehead atoms. The van der Waals surface area contributed by atoms with Crippen molar-refractivity contribution >= 4 is 5.97 Å². The van der Waals surface area contributed by atoms with Gasteiger partial charge in [0.15, 0.2) is 0 Å². The lowest BCUT2D eigenvalue weighted by Crippen LogP contribution is -2.02. The maximum Gasteiger partial charge on any atom is 0.337 e. The van der Waals surface area contributed by atoms with Gasteiger partial charge in [0.05, 0.1) is 18.8 Å². The third-order valence-corrected chi connectivity index (χ3v) is 2.15. The first-order valence-corrected chi connectivity index (χ1v) is 4.40. The van der Waals surface area contributed by atoms with E-state index in [1.807, 2.05) is 19.1 Å². The number of carbonyl (C=O) groups excluding carboxylic acids is 1. The molecular formula is C11H14O3. The number of benzene rings is 1. The summed E-state index contributed by atoms with van der Waals surface area (Å²) in [7, 11) is 3.02. The standard InChI is InChI=1S/C11H14O3/c1-8(13-2)9-4-6-10(7-5-9)11(12)14-3/h4-8H,1-3H3. The number of hydrogen-bond donors (Lipinski definition) is 0. The molecule has 3 nitrogen and oxygen atoms in total. The predicted octanol–water partition coefficient (Wildman–Crippen LogP) is 2.18. The number of esters is 1. The van der Waals surface area contributed by atoms with Crippen LogP contribution in [-0.4, -0.2) is 20.2 Å². The maximum atomic E-state index is 11.1. The molecule has 1 unspecified atom stereocenters. The lowest BCUT2D eigenvalue weighted by Gasteiger charge is -2.09. The first kappa shape index (κ1) is 10.7. The van der Waals surface area contributed by atoms with E-state index in [4.69, 9.17) is 4.74 Å². The Bertz CT molecular complexity index is 303. The van der Waals surface area contributed by atoms with E-state index >= 15 is 0 Å². The predicted molar refractivity (Wildman–Crippen MR) is 53.2 cm³/mol. The van der Waals surface area contributed by atoms with Crippen LogP contribution in [0.15, 0.2) is 24.3 Å². The first-order chi connectivity index (χ1) is 6.69. The molecule has 3 heteroatoms. The van der Waals surface area contributed by atoms with Crippen molar-refractivity contribution in [2.45, 2.75) is 13.0 Å². The fourth-order valence-corrected chi connectivity index (χ4v) is 1.14. The van der Waals surface area contributed by atoms with Gasteiger partial charge in [-0.3, -0.25) is 0 Å². The van der Waals surface area contributed by atoms with E-state index in [9.17, 15) is 4.79 Å². The lowest BCUT2D eigenvalue weighted by atomic mass is 10.1. The molecule has 0 spiro atoms. The maximum absolute atomic E-state index is 11.1. The smallest absolute Gasteiger partial charge is 0.337 e. The highest BCUT2D eigenvalue weighted by Crippen LogP contribution is 2.16. The summed E-state index contributed by atoms with van der Waals surface area (Å²) in [6, 6.07) is 7.19. The molecule has 0 heterocycles. The van der Waals surface area contributed by atoms with Crippen molar-refractivity contribution < 1.29 is 14.3 Å². The summed E-state index contributed by atoms with van der Waals surface area (Å²) in [4.78, 5) is 11.1. The van der Waals surface area contributed by atoms with Crippen molar-refractivity contribution in [3.63, 3.8) is 0 Å². The van der Waals surface area contributed by atoms with E-state index < -0.39 is 0 Å². The molecule has 0 saturated carbocycles. The van der Waals surface area contributed by atoms with Gasteiger partial charge < -0.3 is 9.47 Å². The molecule has 0 saturated heterocycles. The topological polar surface area (TPSA) is 35.5 Å². The SMILES string of the molecule is COC(=O)c1ccc(C(C)OC)cc1. The van der Waals surface area contributed by atoms with E-state index in [1.165, 1.54) is 7.11 Å². The molecule has 1 aromatic carbocycles. The average Bonchev–Trinajstić information content (AvgIpc) is 2.27. The zero-order valence-corrected chi connectivity index (χ0v) is 8.61. The van der Waals surface area contributed by atoms with Gasteiger partial charge in [-0.05, 0) is 24.6 Å². The Labute approximate surface area is 83.6 Å². The normalized spacial score (nSPS) is 12.2. The van der Waals surface area contributed by atoms with E-state index in [0.29, 0.717) is 5.56 Å². The highest BCUT2D eigenvalue weighted by Gasteiger charge is 2.07. The van der Waals surface area contributed by atoms with E-state index in [2.05, 4.69) is 4.74 Å². The van der Waals surface area contributed by atoms with Crippen molar-refractivity contribution in [1.29, 1.82) is 0 Å². The van der Waals surface area contributed by atoms with Gasteiger partial charge >= 0.3 is 5.97 Å². The Morgan fingerprint density at radius 2 is 1.79 bits per heavy atom. The quantitative estimate of drug-likeness (QED) is 0.692. The Balaban J connectivity index is 2.83. The second kappa shape index (κ2) is 4.77. The van der Waals surface area contributed by atoms with Crippen LogP contribution in [0.3, 0.4) is 0 Å². The first-order valence-electron chi connectivity index (χ1n) is 4.40. The highest BCUT2D eigenvalue weighted by molar-refractivity contribution is 5.89. The number of carbonyl (C=O) groups is 1. The summed E-state index contributed by atoms with van der Waals surface area (Å²) in [5, 5.41) is 0. The molecule has 76 valence electrons. The van der Waals surface area contributed by atoms with Gasteiger partial charge in [-0.2, -0.15) is 0 Å². The molecule has 0 amide bonds. The minimum atomic E-state index is -0.318. The van der Waals surface area contributed by atoms with E-state index in [1.54, 1.807) is 19.2 Å². The highest BCUT2D eigenvalue weighted by atomic mass is 16.5. The molecule has 0 radical (unpaired) electrons. The molecular weight excluding hydrogens is 180 g/mol. The number of methoxy groups -OCH3 is 2. The van der Waals surface area contributed by atoms with Crippen LogP contribution in [0.2, 0.25) is 0 Å². The second-order valence-electron chi connectivity index (χ2n) is 2.99. The molecule has 14 heavy (non-hydrogen) atoms. The van der Waals surface area contributed by atoms with Crippen molar-refractivity contribution in [2.75, 3.05) is 14.2 Å². The fourth-order valence-electron chi connectivity index (χ4n) is 1.14. The minimum absolute atomic E-state index is 0.0432. The Morgan fingerprint density at radius 1 is 1.21 bits per heavy atom. The largest absolute Gasteiger partial charge is 0.465 e. The van der Waals surface area contributed by atoms with Crippen molar-refractivity contribution in [3.05, 3.63) is 35.4 Å². The van der Waals surface area contributed by atoms with Crippen LogP contribution in [-0.2, 0) is 9.47 Å². The van der Waals surface area contributed by atoms with Gasteiger partial charge in [-0.25, -0.2) is 4.79 Å². The lowest BCUT2D eigenvalue weighted by molar-refractivity contribution is 0.0600. The van der Waals surface area contributed by atoms with Gasteiger partial charge in [-0.1, -0.05) is 12.1 Å². The number of rotatable bonds is 3. The third kappa shape index (κ3) is 2.33. The van der Waals surface area contributed by atoms with Gasteiger partial charge in [0.1, 0.15) is 0 Å². The average molecular weight is 194 g/mol. The summed E-state index contributed by atoms with van der Waals surface area (Å²) in [6.45, 7) is 1.95. The summed E-state index contributed by atoms with van der Waals surface area (Å²) in [5.74, 6) is -0.318. The van der Waals surface area contributed by atoms with Crippen LogP contribution in [0.5, 0.6) is 0 Å². The molecule has 0 aromatic heterocycles. The molecule has 0 N–H and O–H groups in total. The zero-order chi connectivity index (χ0) is 10.6. The molecule has 0 aliphatic heterocycles. The Morgan fingerprint density at radius 3 is 2.21 bits per heavy atom. The van der Waals surface area contributed by atoms with Crippen LogP contribution in [0, 0.1) is 0 Å². The van der Waals surface area contributed by atoms with Crippen LogP contribution in [0.25, 0.3) is 0 Å². The van der Waals surface area contributed by atoms with E-state index in [0.717, 1.165) is 5.56 Å². The molecule has 1 aromatic rings. The minimum Gasteiger partial charge on any atom is -0.465 e. The molecule has 0 aliphatic carbocycles. The van der Waals surface area contributed by atoms with Gasteiger partial charge in [0.2, 0.25) is 0 Å². The van der Waals surface area contributed by atoms with Crippen LogP contribution < -0.4 is 0 Å². The number of hydrogen-bond acceptors (Lipinski definition) is 3. The van der Waals surface area contributed by atoms with Crippen molar-refractivity contribution in [1.82, 2.24) is 0 Å². The Hall–Kier alpha value is -1.35. The third-order valence-electron chi connectivity index (χ3n) is 2.15. The van der Waals surface area contributed by atoms with Crippen molar-refractivity contribution in [2.24, 2.45) is 0 Å². The fraction of sp³-hybridized carbons (Fsp3) is 0.364. The Kier molecular flexibility index (Phi) is 3.65. The van der Waals surface area contributed by atoms with Crippen LogP contribution >= 0.6 is 0 Å². The van der Waals surface area contributed by atoms with Crippen LogP contribution in [0.4, 0.5) is 0 Å².